The van der Waals surface area contributed by atoms with E-state index in [1.165, 1.54) is 0 Å². The van der Waals surface area contributed by atoms with Gasteiger partial charge in [-0.1, -0.05) is 0 Å². The Morgan fingerprint density at radius 3 is 3.27 bits per heavy atom. The third-order valence-electron chi connectivity index (χ3n) is 2.99. The van der Waals surface area contributed by atoms with Crippen LogP contribution in [0.15, 0.2) is 0 Å². The molecule has 3 saturated heterocycles. The fraction of sp³-hybridized carbons (Fsp3) is 0.875. The lowest BCUT2D eigenvalue weighted by Crippen LogP contribution is -2.42. The van der Waals surface area contributed by atoms with Gasteiger partial charge in [-0.3, -0.25) is 4.79 Å². The van der Waals surface area contributed by atoms with Crippen LogP contribution < -0.4 is 0 Å². The Hall–Kier alpha value is -0.570. The van der Waals surface area contributed by atoms with Crippen LogP contribution in [0.25, 0.3) is 0 Å². The topological polar surface area (TPSA) is 32.8 Å². The van der Waals surface area contributed by atoms with Gasteiger partial charge in [-0.25, -0.2) is 0 Å². The lowest BCUT2D eigenvalue weighted by atomic mass is 10.0. The third kappa shape index (κ3) is 0.692. The summed E-state index contributed by atoms with van der Waals surface area (Å²) in [6.45, 7) is 0.869. The fourth-order valence-corrected chi connectivity index (χ4v) is 2.36. The molecular weight excluding hydrogens is 142 g/mol. The molecule has 3 rings (SSSR count). The molecule has 0 spiro atoms. The van der Waals surface area contributed by atoms with Crippen LogP contribution in [-0.2, 0) is 9.53 Å². The maximum atomic E-state index is 11.3. The summed E-state index contributed by atoms with van der Waals surface area (Å²) in [5.41, 5.74) is 0. The molecule has 3 heterocycles. The van der Waals surface area contributed by atoms with Crippen LogP contribution in [-0.4, -0.2) is 35.6 Å². The second-order valence-corrected chi connectivity index (χ2v) is 3.64. The SMILES string of the molecule is O=C1CCC[C@H]2[C@@H]3O[C@@H]3CN12. The highest BCUT2D eigenvalue weighted by Gasteiger charge is 2.56. The van der Waals surface area contributed by atoms with Crippen molar-refractivity contribution >= 4 is 5.91 Å². The van der Waals surface area contributed by atoms with Crippen molar-refractivity contribution in [2.75, 3.05) is 6.54 Å². The number of carbonyl (C=O) groups excluding carboxylic acids is 1. The molecule has 60 valence electrons. The first-order valence-electron chi connectivity index (χ1n) is 4.31. The highest BCUT2D eigenvalue weighted by Crippen LogP contribution is 2.40. The van der Waals surface area contributed by atoms with Gasteiger partial charge < -0.3 is 9.64 Å². The number of hydrogen-bond acceptors (Lipinski definition) is 2. The molecule has 11 heavy (non-hydrogen) atoms. The van der Waals surface area contributed by atoms with Gasteiger partial charge in [-0.15, -0.1) is 0 Å². The smallest absolute Gasteiger partial charge is 0.223 e. The molecule has 0 aromatic rings. The molecule has 0 radical (unpaired) electrons. The number of amides is 1. The second-order valence-electron chi connectivity index (χ2n) is 3.64. The Labute approximate surface area is 65.3 Å². The Morgan fingerprint density at radius 1 is 1.55 bits per heavy atom. The minimum Gasteiger partial charge on any atom is -0.365 e. The Bertz CT molecular complexity index is 216. The summed E-state index contributed by atoms with van der Waals surface area (Å²) in [7, 11) is 0. The predicted octanol–water partition coefficient (Wildman–Crippen LogP) is 0.149. The molecule has 3 fully saturated rings. The van der Waals surface area contributed by atoms with Crippen molar-refractivity contribution in [3.63, 3.8) is 0 Å². The molecule has 0 bridgehead atoms. The van der Waals surface area contributed by atoms with Gasteiger partial charge in [0.2, 0.25) is 5.91 Å². The molecule has 0 saturated carbocycles. The number of fused-ring (bicyclic) bond motifs is 3. The van der Waals surface area contributed by atoms with Gasteiger partial charge in [-0.2, -0.15) is 0 Å². The Kier molecular flexibility index (Phi) is 0.969. The van der Waals surface area contributed by atoms with Crippen LogP contribution in [0.5, 0.6) is 0 Å². The molecule has 1 amide bonds. The fourth-order valence-electron chi connectivity index (χ4n) is 2.36. The van der Waals surface area contributed by atoms with Crippen LogP contribution in [0.3, 0.4) is 0 Å². The van der Waals surface area contributed by atoms with Crippen LogP contribution in [0.2, 0.25) is 0 Å². The van der Waals surface area contributed by atoms with E-state index in [-0.39, 0.29) is 0 Å². The molecule has 3 aliphatic heterocycles. The Balaban J connectivity index is 1.86. The van der Waals surface area contributed by atoms with Gasteiger partial charge in [0.1, 0.15) is 12.2 Å². The molecule has 0 aliphatic carbocycles. The molecule has 3 aliphatic rings. The number of morpholine rings is 1. The van der Waals surface area contributed by atoms with E-state index >= 15 is 0 Å². The lowest BCUT2D eigenvalue weighted by molar-refractivity contribution is -0.136. The molecule has 0 aromatic carbocycles. The first-order valence-corrected chi connectivity index (χ1v) is 4.31. The van der Waals surface area contributed by atoms with E-state index in [0.717, 1.165) is 25.8 Å². The summed E-state index contributed by atoms with van der Waals surface area (Å²) in [6, 6.07) is 0.446. The van der Waals surface area contributed by atoms with Crippen molar-refractivity contribution < 1.29 is 9.53 Å². The third-order valence-corrected chi connectivity index (χ3v) is 2.99. The first-order chi connectivity index (χ1) is 5.36. The van der Waals surface area contributed by atoms with E-state index in [4.69, 9.17) is 4.74 Å². The van der Waals surface area contributed by atoms with Gasteiger partial charge in [-0.05, 0) is 12.8 Å². The minimum atomic E-state index is 0.344. The van der Waals surface area contributed by atoms with Gasteiger partial charge >= 0.3 is 0 Å². The van der Waals surface area contributed by atoms with Crippen LogP contribution in [0.1, 0.15) is 19.3 Å². The van der Waals surface area contributed by atoms with Crippen molar-refractivity contribution in [1.29, 1.82) is 0 Å². The van der Waals surface area contributed by atoms with Crippen molar-refractivity contribution in [2.45, 2.75) is 37.5 Å². The quantitative estimate of drug-likeness (QED) is 0.464. The number of ether oxygens (including phenoxy) is 1. The lowest BCUT2D eigenvalue weighted by Gasteiger charge is -2.30. The molecule has 3 atom stereocenters. The molecule has 0 aromatic heterocycles. The van der Waals surface area contributed by atoms with Gasteiger partial charge in [0.05, 0.1) is 6.04 Å². The highest BCUT2D eigenvalue weighted by molar-refractivity contribution is 5.78. The Morgan fingerprint density at radius 2 is 2.45 bits per heavy atom. The standard InChI is InChI=1S/C8H11NO2/c10-7-3-1-2-5-8-6(11-8)4-9(5)7/h5-6,8H,1-4H2/t5-,6+,8-/m0/s1. The summed E-state index contributed by atoms with van der Waals surface area (Å²) in [4.78, 5) is 13.3. The second kappa shape index (κ2) is 1.78. The van der Waals surface area contributed by atoms with Crippen LogP contribution in [0.4, 0.5) is 0 Å². The van der Waals surface area contributed by atoms with Gasteiger partial charge in [0.25, 0.3) is 0 Å². The number of hydrogen-bond donors (Lipinski definition) is 0. The summed E-state index contributed by atoms with van der Waals surface area (Å²) < 4.78 is 5.38. The maximum Gasteiger partial charge on any atom is 0.223 e. The predicted molar refractivity (Wildman–Crippen MR) is 38.0 cm³/mol. The average molecular weight is 153 g/mol. The summed E-state index contributed by atoms with van der Waals surface area (Å²) >= 11 is 0. The van der Waals surface area contributed by atoms with Crippen molar-refractivity contribution in [1.82, 2.24) is 4.90 Å². The van der Waals surface area contributed by atoms with Crippen molar-refractivity contribution in [3.05, 3.63) is 0 Å². The molecular formula is C8H11NO2. The van der Waals surface area contributed by atoms with Gasteiger partial charge in [0.15, 0.2) is 0 Å². The zero-order valence-corrected chi connectivity index (χ0v) is 6.32. The molecule has 3 nitrogen and oxygen atoms in total. The number of nitrogens with zero attached hydrogens (tertiary/aromatic N) is 1. The van der Waals surface area contributed by atoms with E-state index in [1.54, 1.807) is 0 Å². The van der Waals surface area contributed by atoms with Gasteiger partial charge in [0, 0.05) is 13.0 Å². The maximum absolute atomic E-state index is 11.3. The van der Waals surface area contributed by atoms with Crippen molar-refractivity contribution in [3.8, 4) is 0 Å². The number of epoxide rings is 1. The molecule has 3 heteroatoms. The van der Waals surface area contributed by atoms with Crippen molar-refractivity contribution in [2.24, 2.45) is 0 Å². The molecule has 0 unspecified atom stereocenters. The average Bonchev–Trinajstić information content (AvgIpc) is 2.67. The summed E-state index contributed by atoms with van der Waals surface area (Å²) in [6.07, 6.45) is 3.80. The monoisotopic (exact) mass is 153 g/mol. The summed E-state index contributed by atoms with van der Waals surface area (Å²) in [5.74, 6) is 0.344. The number of piperidine rings is 1. The highest BCUT2D eigenvalue weighted by atomic mass is 16.6. The normalized spacial score (nSPS) is 47.1. The number of rotatable bonds is 0. The largest absolute Gasteiger partial charge is 0.365 e. The van der Waals surface area contributed by atoms with E-state index in [2.05, 4.69) is 0 Å². The van der Waals surface area contributed by atoms with E-state index in [0.29, 0.717) is 24.2 Å². The van der Waals surface area contributed by atoms with Crippen LogP contribution in [0, 0.1) is 0 Å². The van der Waals surface area contributed by atoms with Crippen LogP contribution >= 0.6 is 0 Å². The minimum absolute atomic E-state index is 0.344. The zero-order chi connectivity index (χ0) is 7.42. The first kappa shape index (κ1) is 6.00. The summed E-state index contributed by atoms with van der Waals surface area (Å²) in [5, 5.41) is 0. The zero-order valence-electron chi connectivity index (χ0n) is 6.32. The number of carbonyl (C=O) groups is 1. The van der Waals surface area contributed by atoms with E-state index in [1.807, 2.05) is 4.90 Å². The van der Waals surface area contributed by atoms with E-state index < -0.39 is 0 Å². The van der Waals surface area contributed by atoms with E-state index in [9.17, 15) is 4.79 Å². The molecule has 0 N–H and O–H groups in total.